The maximum absolute atomic E-state index is 12.8. The number of H-pyrrole nitrogens is 1. The lowest BCUT2D eigenvalue weighted by molar-refractivity contribution is -0.125. The number of anilines is 1. The van der Waals surface area contributed by atoms with Gasteiger partial charge in [-0.2, -0.15) is 0 Å². The highest BCUT2D eigenvalue weighted by atomic mass is 16.2. The van der Waals surface area contributed by atoms with Crippen molar-refractivity contribution >= 4 is 22.8 Å². The summed E-state index contributed by atoms with van der Waals surface area (Å²) in [5.41, 5.74) is 1.13. The quantitative estimate of drug-likeness (QED) is 0.652. The van der Waals surface area contributed by atoms with Crippen LogP contribution in [0, 0.1) is 5.92 Å². The predicted octanol–water partition coefficient (Wildman–Crippen LogP) is 0.976. The Labute approximate surface area is 173 Å². The van der Waals surface area contributed by atoms with Gasteiger partial charge in [0.25, 0.3) is 5.56 Å². The number of fused-ring (bicyclic) bond motifs is 1. The largest absolute Gasteiger partial charge is 0.357 e. The van der Waals surface area contributed by atoms with Crippen molar-refractivity contribution in [3.8, 4) is 0 Å². The van der Waals surface area contributed by atoms with Crippen LogP contribution >= 0.6 is 0 Å². The van der Waals surface area contributed by atoms with Crippen LogP contribution in [0.2, 0.25) is 0 Å². The number of carbonyl (C=O) groups excluding carboxylic acids is 1. The summed E-state index contributed by atoms with van der Waals surface area (Å²) in [4.78, 5) is 47.1. The van der Waals surface area contributed by atoms with Gasteiger partial charge >= 0.3 is 5.69 Å². The van der Waals surface area contributed by atoms with Crippen molar-refractivity contribution in [1.82, 2.24) is 24.4 Å². The Balaban J connectivity index is 1.46. The van der Waals surface area contributed by atoms with Gasteiger partial charge in [0.1, 0.15) is 11.6 Å². The molecule has 1 aliphatic heterocycles. The van der Waals surface area contributed by atoms with Gasteiger partial charge in [-0.05, 0) is 31.9 Å². The Morgan fingerprint density at radius 3 is 2.87 bits per heavy atom. The third-order valence-corrected chi connectivity index (χ3v) is 5.68. The second kappa shape index (κ2) is 8.17. The van der Waals surface area contributed by atoms with Gasteiger partial charge in [-0.15, -0.1) is 0 Å². The number of rotatable bonds is 5. The summed E-state index contributed by atoms with van der Waals surface area (Å²) in [5.74, 6) is 1.03. The molecule has 3 heterocycles. The summed E-state index contributed by atoms with van der Waals surface area (Å²) in [6, 6.07) is 9.22. The molecular formula is C21H26N6O3. The van der Waals surface area contributed by atoms with E-state index in [4.69, 9.17) is 0 Å². The number of hydrogen-bond donors (Lipinski definition) is 2. The molecule has 1 aromatic carbocycles. The lowest BCUT2D eigenvalue weighted by Gasteiger charge is -2.34. The van der Waals surface area contributed by atoms with Crippen molar-refractivity contribution in [1.29, 1.82) is 0 Å². The molecule has 1 saturated heterocycles. The second-order valence-electron chi connectivity index (χ2n) is 7.63. The number of aromatic nitrogens is 4. The first kappa shape index (κ1) is 19.9. The molecule has 30 heavy (non-hydrogen) atoms. The molecule has 1 aliphatic rings. The number of nitrogens with one attached hydrogen (secondary N) is 2. The predicted molar refractivity (Wildman–Crippen MR) is 114 cm³/mol. The summed E-state index contributed by atoms with van der Waals surface area (Å²) in [7, 11) is 1.48. The van der Waals surface area contributed by atoms with E-state index in [0.29, 0.717) is 37.8 Å². The summed E-state index contributed by atoms with van der Waals surface area (Å²) in [6.45, 7) is 3.84. The highest BCUT2D eigenvalue weighted by Crippen LogP contribution is 2.22. The number of benzene rings is 1. The van der Waals surface area contributed by atoms with Crippen LogP contribution in [0.3, 0.4) is 0 Å². The van der Waals surface area contributed by atoms with E-state index in [0.717, 1.165) is 28.4 Å². The van der Waals surface area contributed by atoms with Gasteiger partial charge < -0.3 is 15.2 Å². The van der Waals surface area contributed by atoms with Crippen LogP contribution in [-0.4, -0.2) is 38.1 Å². The van der Waals surface area contributed by atoms with E-state index >= 15 is 0 Å². The number of amides is 1. The molecule has 1 fully saturated rings. The molecule has 9 nitrogen and oxygen atoms in total. The van der Waals surface area contributed by atoms with Gasteiger partial charge in [0.05, 0.1) is 23.5 Å². The Morgan fingerprint density at radius 1 is 1.30 bits per heavy atom. The maximum atomic E-state index is 12.8. The molecule has 2 N–H and O–H groups in total. The molecule has 0 saturated carbocycles. The monoisotopic (exact) mass is 410 g/mol. The van der Waals surface area contributed by atoms with Crippen LogP contribution < -0.4 is 21.5 Å². The third kappa shape index (κ3) is 3.74. The first-order chi connectivity index (χ1) is 14.5. The minimum Gasteiger partial charge on any atom is -0.357 e. The molecule has 1 amide bonds. The van der Waals surface area contributed by atoms with E-state index < -0.39 is 0 Å². The highest BCUT2D eigenvalue weighted by molar-refractivity contribution is 5.80. The van der Waals surface area contributed by atoms with Gasteiger partial charge in [0.15, 0.2) is 0 Å². The van der Waals surface area contributed by atoms with E-state index in [2.05, 4.69) is 15.3 Å². The van der Waals surface area contributed by atoms with Crippen molar-refractivity contribution in [2.24, 2.45) is 13.0 Å². The second-order valence-corrected chi connectivity index (χ2v) is 7.63. The summed E-state index contributed by atoms with van der Waals surface area (Å²) >= 11 is 0. The fraction of sp³-hybridized carbons (Fsp3) is 0.429. The van der Waals surface area contributed by atoms with Crippen LogP contribution in [0.5, 0.6) is 0 Å². The van der Waals surface area contributed by atoms with Gasteiger partial charge in [-0.1, -0.05) is 12.1 Å². The van der Waals surface area contributed by atoms with Crippen LogP contribution in [-0.2, 0) is 24.9 Å². The average Bonchev–Trinajstić information content (AvgIpc) is 3.19. The topological polar surface area (TPSA) is 105 Å². The lowest BCUT2D eigenvalue weighted by atomic mass is 9.97. The number of piperidine rings is 1. The normalized spacial score (nSPS) is 16.7. The standard InChI is InChI=1S/C21H26N6O3/c1-3-27-18(11-19(28)25(2)21(27)30)26-10-6-7-14(13-26)20(29)22-12-17-23-15-8-4-5-9-16(15)24-17/h4-5,8-9,11,14H,3,6-7,10,12-13H2,1-2H3,(H,22,29)(H,23,24). The van der Waals surface area contributed by atoms with Gasteiger partial charge in [-0.3, -0.25) is 18.7 Å². The minimum atomic E-state index is -0.337. The number of imidazole rings is 1. The Kier molecular flexibility index (Phi) is 5.43. The molecule has 0 radical (unpaired) electrons. The van der Waals surface area contributed by atoms with Crippen molar-refractivity contribution < 1.29 is 4.79 Å². The zero-order valence-electron chi connectivity index (χ0n) is 17.2. The number of hydrogen-bond acceptors (Lipinski definition) is 5. The Hall–Kier alpha value is -3.36. The van der Waals surface area contributed by atoms with E-state index in [1.54, 1.807) is 4.57 Å². The van der Waals surface area contributed by atoms with Crippen molar-refractivity contribution in [3.05, 3.63) is 57.0 Å². The average molecular weight is 410 g/mol. The van der Waals surface area contributed by atoms with E-state index in [1.165, 1.54) is 13.1 Å². The molecule has 1 unspecified atom stereocenters. The number of carbonyl (C=O) groups is 1. The first-order valence-corrected chi connectivity index (χ1v) is 10.2. The number of para-hydroxylation sites is 2. The summed E-state index contributed by atoms with van der Waals surface area (Å²) in [5, 5.41) is 2.97. The summed E-state index contributed by atoms with van der Waals surface area (Å²) in [6.07, 6.45) is 1.58. The first-order valence-electron chi connectivity index (χ1n) is 10.2. The zero-order valence-corrected chi connectivity index (χ0v) is 17.2. The molecule has 4 rings (SSSR count). The third-order valence-electron chi connectivity index (χ3n) is 5.68. The fourth-order valence-corrected chi connectivity index (χ4v) is 4.02. The Bertz CT molecular complexity index is 1160. The van der Waals surface area contributed by atoms with Crippen LogP contribution in [0.1, 0.15) is 25.6 Å². The molecule has 3 aromatic rings. The Morgan fingerprint density at radius 2 is 2.10 bits per heavy atom. The van der Waals surface area contributed by atoms with Crippen molar-refractivity contribution in [2.75, 3.05) is 18.0 Å². The molecule has 0 bridgehead atoms. The lowest BCUT2D eigenvalue weighted by Crippen LogP contribution is -2.47. The molecule has 1 atom stereocenters. The minimum absolute atomic E-state index is 0.0469. The molecule has 0 spiro atoms. The van der Waals surface area contributed by atoms with Crippen LogP contribution in [0.15, 0.2) is 39.9 Å². The molecule has 0 aliphatic carbocycles. The highest BCUT2D eigenvalue weighted by Gasteiger charge is 2.28. The maximum Gasteiger partial charge on any atom is 0.332 e. The van der Waals surface area contributed by atoms with E-state index in [1.807, 2.05) is 36.1 Å². The van der Waals surface area contributed by atoms with Gasteiger partial charge in [0.2, 0.25) is 5.91 Å². The molecule has 158 valence electrons. The van der Waals surface area contributed by atoms with Crippen molar-refractivity contribution in [2.45, 2.75) is 32.9 Å². The summed E-state index contributed by atoms with van der Waals surface area (Å²) < 4.78 is 2.69. The number of aromatic amines is 1. The van der Waals surface area contributed by atoms with Gasteiger partial charge in [-0.25, -0.2) is 9.78 Å². The molecular weight excluding hydrogens is 384 g/mol. The van der Waals surface area contributed by atoms with Crippen LogP contribution in [0.4, 0.5) is 5.82 Å². The van der Waals surface area contributed by atoms with E-state index in [9.17, 15) is 14.4 Å². The van der Waals surface area contributed by atoms with Crippen molar-refractivity contribution in [3.63, 3.8) is 0 Å². The van der Waals surface area contributed by atoms with Gasteiger partial charge in [0, 0.05) is 32.7 Å². The fourth-order valence-electron chi connectivity index (χ4n) is 4.02. The number of nitrogens with zero attached hydrogens (tertiary/aromatic N) is 4. The van der Waals surface area contributed by atoms with Crippen LogP contribution in [0.25, 0.3) is 11.0 Å². The SMILES string of the molecule is CCn1c(N2CCCC(C(=O)NCc3nc4ccccc4[nH]3)C2)cc(=O)n(C)c1=O. The zero-order chi connectivity index (χ0) is 21.3. The van der Waals surface area contributed by atoms with E-state index in [-0.39, 0.29) is 23.1 Å². The molecule has 9 heteroatoms. The molecule has 2 aromatic heterocycles. The smallest absolute Gasteiger partial charge is 0.332 e.